The minimum Gasteiger partial charge on any atom is -0.480 e. The van der Waals surface area contributed by atoms with E-state index in [1.165, 1.54) is 11.8 Å². The van der Waals surface area contributed by atoms with E-state index in [0.29, 0.717) is 5.69 Å². The molecule has 0 bridgehead atoms. The minimum atomic E-state index is -0.788. The number of nitrogens with two attached hydrogens (primary N) is 1. The summed E-state index contributed by atoms with van der Waals surface area (Å²) in [6, 6.07) is 5.39. The molecule has 1 aromatic rings. The van der Waals surface area contributed by atoms with Gasteiger partial charge in [-0.3, -0.25) is 4.79 Å². The van der Waals surface area contributed by atoms with Gasteiger partial charge in [-0.2, -0.15) is 0 Å². The van der Waals surface area contributed by atoms with E-state index in [9.17, 15) is 4.79 Å². The predicted molar refractivity (Wildman–Crippen MR) is 70.7 cm³/mol. The van der Waals surface area contributed by atoms with E-state index < -0.39 is 11.2 Å². The lowest BCUT2D eigenvalue weighted by atomic mass is 10.1. The summed E-state index contributed by atoms with van der Waals surface area (Å²) in [5.74, 6) is -0.712. The van der Waals surface area contributed by atoms with Crippen LogP contribution in [0.25, 0.3) is 0 Å². The number of rotatable bonds is 4. The van der Waals surface area contributed by atoms with Crippen LogP contribution in [0.5, 0.6) is 0 Å². The molecule has 0 aliphatic heterocycles. The molecule has 0 radical (unpaired) electrons. The zero-order chi connectivity index (χ0) is 12.3. The molecular formula is C11H14BrNO2S. The predicted octanol–water partition coefficient (Wildman–Crippen LogP) is 3.23. The second-order valence-corrected chi connectivity index (χ2v) is 5.85. The van der Waals surface area contributed by atoms with Crippen molar-refractivity contribution in [2.75, 3.05) is 5.73 Å². The molecule has 0 spiro atoms. The number of halogens is 1. The number of anilines is 1. The number of hydrogen-bond acceptors (Lipinski definition) is 3. The van der Waals surface area contributed by atoms with Gasteiger partial charge in [-0.25, -0.2) is 0 Å². The molecule has 0 saturated heterocycles. The Morgan fingerprint density at radius 3 is 2.56 bits per heavy atom. The van der Waals surface area contributed by atoms with Crippen LogP contribution in [-0.4, -0.2) is 16.3 Å². The average molecular weight is 304 g/mol. The highest BCUT2D eigenvalue weighted by atomic mass is 79.9. The first-order valence-corrected chi connectivity index (χ1v) is 6.53. The van der Waals surface area contributed by atoms with Crippen molar-refractivity contribution >= 4 is 39.3 Å². The minimum absolute atomic E-state index is 0.0759. The van der Waals surface area contributed by atoms with Crippen LogP contribution in [0.3, 0.4) is 0 Å². The number of carbonyl (C=O) groups is 1. The molecule has 0 saturated carbocycles. The Hall–Kier alpha value is -0.680. The second-order valence-electron chi connectivity index (χ2n) is 3.81. The highest BCUT2D eigenvalue weighted by Crippen LogP contribution is 2.34. The molecule has 1 aromatic carbocycles. The van der Waals surface area contributed by atoms with E-state index in [0.717, 1.165) is 9.37 Å². The van der Waals surface area contributed by atoms with E-state index in [-0.39, 0.29) is 5.92 Å². The van der Waals surface area contributed by atoms with Crippen molar-refractivity contribution in [2.24, 2.45) is 5.92 Å². The molecule has 16 heavy (non-hydrogen) atoms. The molecule has 3 nitrogen and oxygen atoms in total. The monoisotopic (exact) mass is 303 g/mol. The summed E-state index contributed by atoms with van der Waals surface area (Å²) in [4.78, 5) is 12.0. The highest BCUT2D eigenvalue weighted by Gasteiger charge is 2.23. The lowest BCUT2D eigenvalue weighted by Gasteiger charge is -2.16. The van der Waals surface area contributed by atoms with Crippen LogP contribution in [0.2, 0.25) is 0 Å². The summed E-state index contributed by atoms with van der Waals surface area (Å²) in [5, 5.41) is 8.65. The van der Waals surface area contributed by atoms with Gasteiger partial charge in [0.1, 0.15) is 5.25 Å². The van der Waals surface area contributed by atoms with Gasteiger partial charge >= 0.3 is 5.97 Å². The number of carboxylic acid groups (broad SMARTS) is 1. The summed E-state index contributed by atoms with van der Waals surface area (Å²) in [5.41, 5.74) is 6.28. The maximum atomic E-state index is 11.1. The SMILES string of the molecule is CC(C)C(Sc1ccc(N)cc1Br)C(=O)O. The summed E-state index contributed by atoms with van der Waals surface area (Å²) < 4.78 is 0.837. The molecule has 1 atom stereocenters. The Kier molecular flexibility index (Phi) is 4.68. The van der Waals surface area contributed by atoms with Gasteiger partial charge in [0, 0.05) is 15.1 Å². The van der Waals surface area contributed by atoms with Crippen LogP contribution in [0.4, 0.5) is 5.69 Å². The third-order valence-corrected chi connectivity index (χ3v) is 4.59. The third kappa shape index (κ3) is 3.42. The highest BCUT2D eigenvalue weighted by molar-refractivity contribution is 9.10. The summed E-state index contributed by atoms with van der Waals surface area (Å²) in [7, 11) is 0. The maximum absolute atomic E-state index is 11.1. The Morgan fingerprint density at radius 1 is 1.50 bits per heavy atom. The Balaban J connectivity index is 2.90. The van der Waals surface area contributed by atoms with Crippen LogP contribution in [0.15, 0.2) is 27.6 Å². The van der Waals surface area contributed by atoms with Gasteiger partial charge in [-0.1, -0.05) is 13.8 Å². The molecule has 0 aliphatic rings. The van der Waals surface area contributed by atoms with E-state index in [2.05, 4.69) is 15.9 Å². The van der Waals surface area contributed by atoms with Crippen molar-refractivity contribution in [1.82, 2.24) is 0 Å². The molecule has 0 heterocycles. The van der Waals surface area contributed by atoms with Gasteiger partial charge in [-0.15, -0.1) is 11.8 Å². The van der Waals surface area contributed by atoms with E-state index in [1.54, 1.807) is 12.1 Å². The van der Waals surface area contributed by atoms with Crippen LogP contribution < -0.4 is 5.73 Å². The second kappa shape index (κ2) is 5.59. The molecule has 88 valence electrons. The van der Waals surface area contributed by atoms with Crippen LogP contribution in [0.1, 0.15) is 13.8 Å². The van der Waals surface area contributed by atoms with Crippen molar-refractivity contribution in [1.29, 1.82) is 0 Å². The first kappa shape index (κ1) is 13.4. The smallest absolute Gasteiger partial charge is 0.317 e. The fourth-order valence-corrected chi connectivity index (χ4v) is 2.86. The van der Waals surface area contributed by atoms with Gasteiger partial charge in [-0.05, 0) is 40.0 Å². The summed E-state index contributed by atoms with van der Waals surface area (Å²) in [6.07, 6.45) is 0. The van der Waals surface area contributed by atoms with Crippen LogP contribution >= 0.6 is 27.7 Å². The van der Waals surface area contributed by atoms with Gasteiger partial charge in [0.25, 0.3) is 0 Å². The van der Waals surface area contributed by atoms with E-state index in [4.69, 9.17) is 10.8 Å². The molecule has 0 aromatic heterocycles. The van der Waals surface area contributed by atoms with E-state index in [1.807, 2.05) is 19.9 Å². The number of carboxylic acids is 1. The van der Waals surface area contributed by atoms with Crippen molar-refractivity contribution in [3.05, 3.63) is 22.7 Å². The fourth-order valence-electron chi connectivity index (χ4n) is 1.22. The molecule has 0 aliphatic carbocycles. The molecule has 5 heteroatoms. The molecule has 3 N–H and O–H groups in total. The Labute approximate surface area is 108 Å². The van der Waals surface area contributed by atoms with Gasteiger partial charge in [0.15, 0.2) is 0 Å². The number of hydrogen-bond donors (Lipinski definition) is 2. The first-order valence-electron chi connectivity index (χ1n) is 4.86. The third-order valence-electron chi connectivity index (χ3n) is 2.06. The summed E-state index contributed by atoms with van der Waals surface area (Å²) >= 11 is 4.72. The van der Waals surface area contributed by atoms with Crippen LogP contribution in [-0.2, 0) is 4.79 Å². The normalized spacial score (nSPS) is 12.8. The largest absolute Gasteiger partial charge is 0.480 e. The van der Waals surface area contributed by atoms with E-state index >= 15 is 0 Å². The quantitative estimate of drug-likeness (QED) is 0.662. The molecule has 0 amide bonds. The van der Waals surface area contributed by atoms with Gasteiger partial charge in [0.2, 0.25) is 0 Å². The van der Waals surface area contributed by atoms with Gasteiger partial charge in [0.05, 0.1) is 0 Å². The molecule has 1 rings (SSSR count). The number of benzene rings is 1. The van der Waals surface area contributed by atoms with Crippen LogP contribution in [0, 0.1) is 5.92 Å². The Bertz CT molecular complexity index is 396. The molecule has 0 fully saturated rings. The average Bonchev–Trinajstić information content (AvgIpc) is 2.15. The zero-order valence-corrected chi connectivity index (χ0v) is 11.5. The van der Waals surface area contributed by atoms with Crippen molar-refractivity contribution in [3.8, 4) is 0 Å². The fraction of sp³-hybridized carbons (Fsp3) is 0.364. The van der Waals surface area contributed by atoms with Crippen molar-refractivity contribution < 1.29 is 9.90 Å². The van der Waals surface area contributed by atoms with Crippen molar-refractivity contribution in [3.63, 3.8) is 0 Å². The number of nitrogen functional groups attached to an aromatic ring is 1. The van der Waals surface area contributed by atoms with Crippen molar-refractivity contribution in [2.45, 2.75) is 24.0 Å². The topological polar surface area (TPSA) is 63.3 Å². The maximum Gasteiger partial charge on any atom is 0.317 e. The summed E-state index contributed by atoms with van der Waals surface area (Å²) in [6.45, 7) is 3.80. The zero-order valence-electron chi connectivity index (χ0n) is 9.11. The first-order chi connectivity index (χ1) is 7.41. The number of thioether (sulfide) groups is 1. The Morgan fingerprint density at radius 2 is 2.12 bits per heavy atom. The lowest BCUT2D eigenvalue weighted by Crippen LogP contribution is -2.22. The van der Waals surface area contributed by atoms with Gasteiger partial charge < -0.3 is 10.8 Å². The molecular weight excluding hydrogens is 290 g/mol. The molecule has 1 unspecified atom stereocenters. The lowest BCUT2D eigenvalue weighted by molar-refractivity contribution is -0.137. The standard InChI is InChI=1S/C11H14BrNO2S/c1-6(2)10(11(14)15)16-9-4-3-7(13)5-8(9)12/h3-6,10H,13H2,1-2H3,(H,14,15). The number of aliphatic carboxylic acids is 1.